The molecule has 1 N–H and O–H groups in total. The number of hydrogen-bond acceptors (Lipinski definition) is 3. The lowest BCUT2D eigenvalue weighted by molar-refractivity contribution is -0.123. The van der Waals surface area contributed by atoms with Gasteiger partial charge in [-0.15, -0.1) is 0 Å². The Kier molecular flexibility index (Phi) is 5.79. The van der Waals surface area contributed by atoms with Crippen molar-refractivity contribution in [1.82, 2.24) is 5.32 Å². The van der Waals surface area contributed by atoms with Gasteiger partial charge in [-0.25, -0.2) is 0 Å². The Balaban J connectivity index is 1.81. The van der Waals surface area contributed by atoms with E-state index in [1.54, 1.807) is 7.11 Å². The standard InChI is InChI=1S/C17H19NO3/c1-20-12-15-8-6-5-7-14(15)11-18-17(19)13-21-16-9-3-2-4-10-16/h2-10H,11-13H2,1H3,(H,18,19). The van der Waals surface area contributed by atoms with Gasteiger partial charge in [0.2, 0.25) is 0 Å². The third-order valence-electron chi connectivity index (χ3n) is 3.01. The van der Waals surface area contributed by atoms with E-state index in [1.807, 2.05) is 54.6 Å². The highest BCUT2D eigenvalue weighted by molar-refractivity contribution is 5.77. The number of amides is 1. The molecule has 0 aromatic heterocycles. The molecule has 4 heteroatoms. The van der Waals surface area contributed by atoms with Crippen molar-refractivity contribution in [3.63, 3.8) is 0 Å². The number of rotatable bonds is 7. The zero-order valence-corrected chi connectivity index (χ0v) is 12.0. The molecule has 0 fully saturated rings. The molecule has 2 rings (SSSR count). The topological polar surface area (TPSA) is 47.6 Å². The summed E-state index contributed by atoms with van der Waals surface area (Å²) in [5, 5.41) is 2.85. The van der Waals surface area contributed by atoms with Crippen LogP contribution in [0.4, 0.5) is 0 Å². The molecule has 0 atom stereocenters. The first-order valence-electron chi connectivity index (χ1n) is 6.80. The maximum absolute atomic E-state index is 11.8. The van der Waals surface area contributed by atoms with E-state index in [2.05, 4.69) is 5.32 Å². The molecule has 0 aliphatic rings. The number of hydrogen-bond donors (Lipinski definition) is 1. The van der Waals surface area contributed by atoms with E-state index in [0.717, 1.165) is 11.1 Å². The molecule has 0 bridgehead atoms. The van der Waals surface area contributed by atoms with Gasteiger partial charge in [0.25, 0.3) is 5.91 Å². The summed E-state index contributed by atoms with van der Waals surface area (Å²) in [6.45, 7) is 1.01. The highest BCUT2D eigenvalue weighted by Gasteiger charge is 2.05. The second-order valence-corrected chi connectivity index (χ2v) is 4.58. The van der Waals surface area contributed by atoms with Crippen LogP contribution in [0.3, 0.4) is 0 Å². The molecule has 2 aromatic rings. The lowest BCUT2D eigenvalue weighted by Crippen LogP contribution is -2.28. The van der Waals surface area contributed by atoms with E-state index in [-0.39, 0.29) is 12.5 Å². The Bertz CT molecular complexity index is 569. The average molecular weight is 285 g/mol. The summed E-state index contributed by atoms with van der Waals surface area (Å²) in [6, 6.07) is 17.2. The molecule has 0 saturated carbocycles. The number of carbonyl (C=O) groups is 1. The molecular formula is C17H19NO3. The van der Waals surface area contributed by atoms with Crippen LogP contribution < -0.4 is 10.1 Å². The lowest BCUT2D eigenvalue weighted by Gasteiger charge is -2.10. The molecule has 0 heterocycles. The smallest absolute Gasteiger partial charge is 0.258 e. The molecular weight excluding hydrogens is 266 g/mol. The first kappa shape index (κ1) is 15.1. The minimum Gasteiger partial charge on any atom is -0.484 e. The molecule has 0 spiro atoms. The van der Waals surface area contributed by atoms with Crippen LogP contribution in [0.5, 0.6) is 5.75 Å². The van der Waals surface area contributed by atoms with E-state index in [4.69, 9.17) is 9.47 Å². The molecule has 2 aromatic carbocycles. The minimum atomic E-state index is -0.147. The number of benzene rings is 2. The Morgan fingerprint density at radius 2 is 1.67 bits per heavy atom. The van der Waals surface area contributed by atoms with Gasteiger partial charge in [0.15, 0.2) is 6.61 Å². The Morgan fingerprint density at radius 1 is 1.00 bits per heavy atom. The zero-order valence-electron chi connectivity index (χ0n) is 12.0. The first-order valence-corrected chi connectivity index (χ1v) is 6.80. The van der Waals surface area contributed by atoms with Gasteiger partial charge in [0, 0.05) is 13.7 Å². The van der Waals surface area contributed by atoms with Gasteiger partial charge in [-0.3, -0.25) is 4.79 Å². The lowest BCUT2D eigenvalue weighted by atomic mass is 10.1. The van der Waals surface area contributed by atoms with Crippen LogP contribution in [0, 0.1) is 0 Å². The molecule has 0 aliphatic carbocycles. The molecule has 21 heavy (non-hydrogen) atoms. The van der Waals surface area contributed by atoms with Crippen molar-refractivity contribution >= 4 is 5.91 Å². The fourth-order valence-corrected chi connectivity index (χ4v) is 1.94. The van der Waals surface area contributed by atoms with Gasteiger partial charge in [-0.1, -0.05) is 42.5 Å². The summed E-state index contributed by atoms with van der Waals surface area (Å²) < 4.78 is 10.5. The number of carbonyl (C=O) groups excluding carboxylic acids is 1. The SMILES string of the molecule is COCc1ccccc1CNC(=O)COc1ccccc1. The molecule has 4 nitrogen and oxygen atoms in total. The quantitative estimate of drug-likeness (QED) is 0.850. The third-order valence-corrected chi connectivity index (χ3v) is 3.01. The third kappa shape index (κ3) is 4.93. The summed E-state index contributed by atoms with van der Waals surface area (Å²) >= 11 is 0. The first-order chi connectivity index (χ1) is 10.3. The fraction of sp³-hybridized carbons (Fsp3) is 0.235. The van der Waals surface area contributed by atoms with E-state index in [9.17, 15) is 4.79 Å². The number of nitrogens with one attached hydrogen (secondary N) is 1. The molecule has 0 radical (unpaired) electrons. The van der Waals surface area contributed by atoms with Crippen molar-refractivity contribution in [2.45, 2.75) is 13.2 Å². The predicted molar refractivity (Wildman–Crippen MR) is 80.9 cm³/mol. The van der Waals surface area contributed by atoms with Crippen LogP contribution in [-0.2, 0) is 22.7 Å². The molecule has 0 unspecified atom stereocenters. The fourth-order valence-electron chi connectivity index (χ4n) is 1.94. The van der Waals surface area contributed by atoms with Crippen molar-refractivity contribution < 1.29 is 14.3 Å². The predicted octanol–water partition coefficient (Wildman–Crippen LogP) is 2.53. The minimum absolute atomic E-state index is 0.0104. The van der Waals surface area contributed by atoms with Crippen LogP contribution in [0.15, 0.2) is 54.6 Å². The van der Waals surface area contributed by atoms with Crippen molar-refractivity contribution in [3.8, 4) is 5.75 Å². The Morgan fingerprint density at radius 3 is 2.38 bits per heavy atom. The number of para-hydroxylation sites is 1. The number of ether oxygens (including phenoxy) is 2. The largest absolute Gasteiger partial charge is 0.484 e. The van der Waals surface area contributed by atoms with Gasteiger partial charge in [0.1, 0.15) is 5.75 Å². The molecule has 0 saturated heterocycles. The van der Waals surface area contributed by atoms with Crippen molar-refractivity contribution in [2.24, 2.45) is 0 Å². The normalized spacial score (nSPS) is 10.1. The highest BCUT2D eigenvalue weighted by atomic mass is 16.5. The van der Waals surface area contributed by atoms with Gasteiger partial charge in [-0.05, 0) is 23.3 Å². The van der Waals surface area contributed by atoms with E-state index < -0.39 is 0 Å². The van der Waals surface area contributed by atoms with Crippen molar-refractivity contribution in [2.75, 3.05) is 13.7 Å². The van der Waals surface area contributed by atoms with E-state index in [0.29, 0.717) is 18.9 Å². The highest BCUT2D eigenvalue weighted by Crippen LogP contribution is 2.10. The van der Waals surface area contributed by atoms with Crippen LogP contribution in [-0.4, -0.2) is 19.6 Å². The summed E-state index contributed by atoms with van der Waals surface area (Å²) in [5.41, 5.74) is 2.12. The summed E-state index contributed by atoms with van der Waals surface area (Å²) in [6.07, 6.45) is 0. The van der Waals surface area contributed by atoms with Gasteiger partial charge in [0.05, 0.1) is 6.61 Å². The van der Waals surface area contributed by atoms with Gasteiger partial charge >= 0.3 is 0 Å². The van der Waals surface area contributed by atoms with Gasteiger partial charge < -0.3 is 14.8 Å². The van der Waals surface area contributed by atoms with Crippen LogP contribution in [0.2, 0.25) is 0 Å². The Labute approximate surface area is 124 Å². The zero-order chi connectivity index (χ0) is 14.9. The maximum Gasteiger partial charge on any atom is 0.258 e. The van der Waals surface area contributed by atoms with Crippen molar-refractivity contribution in [3.05, 3.63) is 65.7 Å². The molecule has 1 amide bonds. The molecule has 0 aliphatic heterocycles. The summed E-state index contributed by atoms with van der Waals surface area (Å²) in [7, 11) is 1.66. The van der Waals surface area contributed by atoms with E-state index >= 15 is 0 Å². The van der Waals surface area contributed by atoms with Gasteiger partial charge in [-0.2, -0.15) is 0 Å². The van der Waals surface area contributed by atoms with Crippen LogP contribution in [0.25, 0.3) is 0 Å². The van der Waals surface area contributed by atoms with Crippen LogP contribution in [0.1, 0.15) is 11.1 Å². The second-order valence-electron chi connectivity index (χ2n) is 4.58. The average Bonchev–Trinajstić information content (AvgIpc) is 2.53. The maximum atomic E-state index is 11.8. The Hall–Kier alpha value is -2.33. The van der Waals surface area contributed by atoms with E-state index in [1.165, 1.54) is 0 Å². The number of methoxy groups -OCH3 is 1. The summed E-state index contributed by atoms with van der Waals surface area (Å²) in [5.74, 6) is 0.540. The summed E-state index contributed by atoms with van der Waals surface area (Å²) in [4.78, 5) is 11.8. The second kappa shape index (κ2) is 8.07. The monoisotopic (exact) mass is 285 g/mol. The van der Waals surface area contributed by atoms with Crippen LogP contribution >= 0.6 is 0 Å². The van der Waals surface area contributed by atoms with Crippen molar-refractivity contribution in [1.29, 1.82) is 0 Å². The molecule has 110 valence electrons.